The smallest absolute Gasteiger partial charge is 0.184 e. The Hall–Kier alpha value is -3.99. The number of nitrogens with zero attached hydrogens (tertiary/aromatic N) is 7. The van der Waals surface area contributed by atoms with Crippen molar-refractivity contribution >= 4 is 37.5 Å². The van der Waals surface area contributed by atoms with Crippen LogP contribution >= 0.6 is 27.3 Å². The third kappa shape index (κ3) is 5.36. The van der Waals surface area contributed by atoms with Crippen molar-refractivity contribution < 1.29 is 27.7 Å². The molecule has 11 nitrogen and oxygen atoms in total. The Balaban J connectivity index is 1.22. The van der Waals surface area contributed by atoms with E-state index >= 15 is 4.39 Å². The lowest BCUT2D eigenvalue weighted by Gasteiger charge is -2.48. The Labute approximate surface area is 279 Å². The summed E-state index contributed by atoms with van der Waals surface area (Å²) in [6, 6.07) is 17.7. The number of ether oxygens (including phenoxy) is 4. The number of rotatable bonds is 6. The fraction of sp³-hybridized carbons (Fsp3) is 0.281. The number of methoxy groups -OCH3 is 1. The molecule has 6 aromatic rings. The summed E-state index contributed by atoms with van der Waals surface area (Å²) in [6.07, 6.45) is -1.84. The number of hydrogen-bond donors (Lipinski definition) is 0. The molecule has 0 aliphatic carbocycles. The van der Waals surface area contributed by atoms with Crippen LogP contribution in [0.2, 0.25) is 0 Å². The van der Waals surface area contributed by atoms with Gasteiger partial charge in [-0.05, 0) is 53.2 Å². The summed E-state index contributed by atoms with van der Waals surface area (Å²) >= 11 is 4.56. The predicted molar refractivity (Wildman–Crippen MR) is 170 cm³/mol. The van der Waals surface area contributed by atoms with Gasteiger partial charge in [-0.25, -0.2) is 28.1 Å². The van der Waals surface area contributed by atoms with Crippen LogP contribution in [0.25, 0.3) is 27.2 Å². The molecular formula is C32H26BrF2N7O4S. The first-order chi connectivity index (χ1) is 22.9. The molecule has 0 unspecified atom stereocenters. The number of aromatic nitrogens is 7. The van der Waals surface area contributed by atoms with E-state index in [1.165, 1.54) is 23.5 Å². The van der Waals surface area contributed by atoms with E-state index in [2.05, 4.69) is 31.2 Å². The number of halogens is 3. The Bertz CT molecular complexity index is 2080. The maximum absolute atomic E-state index is 15.0. The second-order valence-corrected chi connectivity index (χ2v) is 12.9. The Morgan fingerprint density at radius 1 is 1.04 bits per heavy atom. The van der Waals surface area contributed by atoms with Gasteiger partial charge in [0, 0.05) is 18.2 Å². The topological polar surface area (TPSA) is 111 Å². The number of aryl methyl sites for hydroxylation is 1. The van der Waals surface area contributed by atoms with Crippen molar-refractivity contribution in [3.8, 4) is 16.9 Å². The van der Waals surface area contributed by atoms with Gasteiger partial charge in [-0.2, -0.15) is 5.10 Å². The molecule has 2 aliphatic rings. The van der Waals surface area contributed by atoms with Gasteiger partial charge in [-0.1, -0.05) is 35.5 Å². The van der Waals surface area contributed by atoms with Crippen LogP contribution < -0.4 is 0 Å². The average molecular weight is 723 g/mol. The van der Waals surface area contributed by atoms with E-state index < -0.39 is 48.4 Å². The maximum atomic E-state index is 15.0. The summed E-state index contributed by atoms with van der Waals surface area (Å²) in [4.78, 5) is 9.19. The SMILES string of the molecule is CO[C@@H]1[C@@H](n2cc(-c3ccc(Br)c(F)c3F)nn2)[C@H]2O[C@@H](c3ccccc3)OC[C@H]2O[C@H]1c1nc(C)nn1-c1ccc2ncsc2c1. The number of hydrogen-bond acceptors (Lipinski definition) is 10. The summed E-state index contributed by atoms with van der Waals surface area (Å²) in [7, 11) is 1.57. The van der Waals surface area contributed by atoms with Gasteiger partial charge >= 0.3 is 0 Å². The van der Waals surface area contributed by atoms with Crippen molar-refractivity contribution in [2.45, 2.75) is 43.7 Å². The third-order valence-corrected chi connectivity index (χ3v) is 9.78. The van der Waals surface area contributed by atoms with E-state index in [0.29, 0.717) is 11.6 Å². The van der Waals surface area contributed by atoms with Gasteiger partial charge in [-0.15, -0.1) is 16.4 Å². The maximum Gasteiger partial charge on any atom is 0.184 e. The highest BCUT2D eigenvalue weighted by atomic mass is 79.9. The van der Waals surface area contributed by atoms with E-state index in [1.54, 1.807) is 28.2 Å². The van der Waals surface area contributed by atoms with Crippen LogP contribution in [0.1, 0.15) is 35.6 Å². The van der Waals surface area contributed by atoms with Crippen molar-refractivity contribution in [3.63, 3.8) is 0 Å². The minimum Gasteiger partial charge on any atom is -0.376 e. The highest BCUT2D eigenvalue weighted by Gasteiger charge is 2.53. The molecule has 0 N–H and O–H groups in total. The predicted octanol–water partition coefficient (Wildman–Crippen LogP) is 6.30. The zero-order valence-electron chi connectivity index (χ0n) is 24.9. The Morgan fingerprint density at radius 2 is 1.89 bits per heavy atom. The molecule has 0 radical (unpaired) electrons. The molecular weight excluding hydrogens is 696 g/mol. The van der Waals surface area contributed by atoms with Gasteiger partial charge in [0.1, 0.15) is 42.0 Å². The first-order valence-electron chi connectivity index (χ1n) is 14.7. The van der Waals surface area contributed by atoms with Gasteiger partial charge in [-0.3, -0.25) is 0 Å². The van der Waals surface area contributed by atoms with Crippen molar-refractivity contribution in [1.29, 1.82) is 0 Å². The molecule has 2 saturated heterocycles. The lowest BCUT2D eigenvalue weighted by molar-refractivity contribution is -0.321. The summed E-state index contributed by atoms with van der Waals surface area (Å²) < 4.78 is 59.5. The van der Waals surface area contributed by atoms with Gasteiger partial charge in [0.25, 0.3) is 0 Å². The average Bonchev–Trinajstić information content (AvgIpc) is 3.86. The highest BCUT2D eigenvalue weighted by molar-refractivity contribution is 9.10. The molecule has 3 aromatic carbocycles. The van der Waals surface area contributed by atoms with Crippen LogP contribution in [-0.2, 0) is 18.9 Å². The molecule has 3 aromatic heterocycles. The molecule has 15 heteroatoms. The molecule has 0 amide bonds. The minimum absolute atomic E-state index is 0.0113. The van der Waals surface area contributed by atoms with E-state index in [4.69, 9.17) is 29.0 Å². The van der Waals surface area contributed by atoms with Gasteiger partial charge < -0.3 is 18.9 Å². The fourth-order valence-corrected chi connectivity index (χ4v) is 7.22. The van der Waals surface area contributed by atoms with Gasteiger partial charge in [0.15, 0.2) is 23.7 Å². The fourth-order valence-electron chi connectivity index (χ4n) is 6.20. The van der Waals surface area contributed by atoms with Crippen LogP contribution in [0, 0.1) is 18.6 Å². The molecule has 8 rings (SSSR count). The van der Waals surface area contributed by atoms with E-state index in [9.17, 15) is 4.39 Å². The second kappa shape index (κ2) is 12.2. The number of fused-ring (bicyclic) bond motifs is 2. The second-order valence-electron chi connectivity index (χ2n) is 11.2. The first kappa shape index (κ1) is 30.4. The summed E-state index contributed by atoms with van der Waals surface area (Å²) in [5.74, 6) is -1.00. The molecule has 2 fully saturated rings. The van der Waals surface area contributed by atoms with Crippen LogP contribution in [-0.4, -0.2) is 66.8 Å². The van der Waals surface area contributed by atoms with Crippen molar-refractivity contribution in [1.82, 2.24) is 34.7 Å². The van der Waals surface area contributed by atoms with E-state index in [-0.39, 0.29) is 22.3 Å². The van der Waals surface area contributed by atoms with Crippen LogP contribution in [0.15, 0.2) is 76.8 Å². The zero-order valence-corrected chi connectivity index (χ0v) is 27.3. The quantitative estimate of drug-likeness (QED) is 0.183. The Kier molecular flexibility index (Phi) is 7.90. The molecule has 5 heterocycles. The minimum atomic E-state index is -1.04. The molecule has 240 valence electrons. The van der Waals surface area contributed by atoms with Crippen molar-refractivity contribution in [2.24, 2.45) is 0 Å². The summed E-state index contributed by atoms with van der Waals surface area (Å²) in [6.45, 7) is 2.00. The molecule has 0 spiro atoms. The molecule has 0 saturated carbocycles. The third-order valence-electron chi connectivity index (χ3n) is 8.37. The molecule has 6 atom stereocenters. The van der Waals surface area contributed by atoms with Crippen LogP contribution in [0.4, 0.5) is 8.78 Å². The van der Waals surface area contributed by atoms with Gasteiger partial charge in [0.2, 0.25) is 0 Å². The van der Waals surface area contributed by atoms with Crippen molar-refractivity contribution in [3.05, 3.63) is 106 Å². The van der Waals surface area contributed by atoms with Crippen LogP contribution in [0.3, 0.4) is 0 Å². The molecule has 2 aliphatic heterocycles. The first-order valence-corrected chi connectivity index (χ1v) is 16.4. The van der Waals surface area contributed by atoms with Crippen molar-refractivity contribution in [2.75, 3.05) is 13.7 Å². The Morgan fingerprint density at radius 3 is 2.72 bits per heavy atom. The van der Waals surface area contributed by atoms with Crippen LogP contribution in [0.5, 0.6) is 0 Å². The van der Waals surface area contributed by atoms with Gasteiger partial charge in [0.05, 0.1) is 38.7 Å². The van der Waals surface area contributed by atoms with E-state index in [1.807, 2.05) is 55.5 Å². The summed E-state index contributed by atoms with van der Waals surface area (Å²) in [5, 5.41) is 13.4. The summed E-state index contributed by atoms with van der Waals surface area (Å²) in [5.41, 5.74) is 4.41. The molecule has 47 heavy (non-hydrogen) atoms. The standard InChI is InChI=1S/C32H26BrF2N7O4S/c1-16-37-31(42(39-16)18-8-11-21-24(12-18)47-15-36-21)30-29(43-2)27(28-23(45-30)14-44-32(46-28)17-6-4-3-5-7-17)41-13-22(38-40-41)19-9-10-20(33)26(35)25(19)34/h3-13,15,23,27-30,32H,14H2,1-2H3/t23-,27+,28+,29-,30-,32+/m1/s1. The monoisotopic (exact) mass is 721 g/mol. The zero-order chi connectivity index (χ0) is 32.2. The van der Waals surface area contributed by atoms with E-state index in [0.717, 1.165) is 21.5 Å². The highest BCUT2D eigenvalue weighted by Crippen LogP contribution is 2.45. The molecule has 0 bridgehead atoms. The number of thiazole rings is 1. The lowest BCUT2D eigenvalue weighted by Crippen LogP contribution is -2.57. The number of benzene rings is 3. The largest absolute Gasteiger partial charge is 0.376 e. The lowest BCUT2D eigenvalue weighted by atomic mass is 9.91. The normalized spacial score (nSPS) is 24.4.